The fourth-order valence-electron chi connectivity index (χ4n) is 2.49. The van der Waals surface area contributed by atoms with Crippen LogP contribution in [0.1, 0.15) is 74.2 Å². The molecule has 94 valence electrons. The second-order valence-electron chi connectivity index (χ2n) is 5.81. The molecule has 0 saturated heterocycles. The van der Waals surface area contributed by atoms with Gasteiger partial charge in [0.05, 0.1) is 0 Å². The number of nitrogens with zero attached hydrogens (tertiary/aromatic N) is 1. The highest BCUT2D eigenvalue weighted by Crippen LogP contribution is 2.38. The summed E-state index contributed by atoms with van der Waals surface area (Å²) in [5, 5.41) is 13.4. The lowest BCUT2D eigenvalue weighted by Crippen LogP contribution is -2.17. The Kier molecular flexibility index (Phi) is 2.98. The third-order valence-electron chi connectivity index (χ3n) is 3.37. The van der Waals surface area contributed by atoms with Gasteiger partial charge in [-0.3, -0.25) is 0 Å². The molecule has 4 nitrogen and oxygen atoms in total. The predicted molar refractivity (Wildman–Crippen MR) is 63.4 cm³/mol. The summed E-state index contributed by atoms with van der Waals surface area (Å²) in [6.07, 6.45) is 4.32. The average molecular weight is 237 g/mol. The van der Waals surface area contributed by atoms with Gasteiger partial charge in [0.2, 0.25) is 0 Å². The molecular weight excluding hydrogens is 218 g/mol. The first-order valence-corrected chi connectivity index (χ1v) is 6.14. The fourth-order valence-corrected chi connectivity index (χ4v) is 2.49. The van der Waals surface area contributed by atoms with Gasteiger partial charge in [-0.1, -0.05) is 38.8 Å². The van der Waals surface area contributed by atoms with Crippen LogP contribution in [0.15, 0.2) is 4.52 Å². The van der Waals surface area contributed by atoms with Crippen LogP contribution in [0.3, 0.4) is 0 Å². The van der Waals surface area contributed by atoms with E-state index in [0.717, 1.165) is 25.7 Å². The molecule has 0 unspecified atom stereocenters. The molecule has 0 aromatic carbocycles. The molecule has 0 atom stereocenters. The predicted octanol–water partition coefficient (Wildman–Crippen LogP) is 3.33. The molecular formula is C13H19NO3. The molecule has 1 heterocycles. The van der Waals surface area contributed by atoms with Gasteiger partial charge in [0.1, 0.15) is 11.3 Å². The third-order valence-corrected chi connectivity index (χ3v) is 3.37. The highest BCUT2D eigenvalue weighted by molar-refractivity contribution is 5.90. The maximum absolute atomic E-state index is 11.4. The molecule has 0 aliphatic heterocycles. The Hall–Kier alpha value is -1.32. The minimum Gasteiger partial charge on any atom is -0.477 e. The summed E-state index contributed by atoms with van der Waals surface area (Å²) in [7, 11) is 0. The monoisotopic (exact) mass is 237 g/mol. The molecule has 0 spiro atoms. The Labute approximate surface area is 101 Å². The molecule has 1 aliphatic carbocycles. The van der Waals surface area contributed by atoms with Crippen LogP contribution in [0.4, 0.5) is 0 Å². The molecule has 1 aromatic rings. The van der Waals surface area contributed by atoms with Crippen LogP contribution >= 0.6 is 0 Å². The van der Waals surface area contributed by atoms with Gasteiger partial charge in [-0.05, 0) is 12.8 Å². The van der Waals surface area contributed by atoms with Crippen molar-refractivity contribution < 1.29 is 14.4 Å². The first-order chi connectivity index (χ1) is 7.91. The first-order valence-electron chi connectivity index (χ1n) is 6.14. The molecule has 0 radical (unpaired) electrons. The Bertz CT molecular complexity index is 422. The minimum absolute atomic E-state index is 0.240. The number of carboxylic acid groups (broad SMARTS) is 1. The van der Waals surface area contributed by atoms with Crippen LogP contribution in [-0.4, -0.2) is 16.2 Å². The lowest BCUT2D eigenvalue weighted by atomic mass is 9.87. The van der Waals surface area contributed by atoms with Crippen molar-refractivity contribution in [1.29, 1.82) is 0 Å². The van der Waals surface area contributed by atoms with E-state index in [2.05, 4.69) is 5.16 Å². The Morgan fingerprint density at radius 2 is 1.94 bits per heavy atom. The Morgan fingerprint density at radius 1 is 1.35 bits per heavy atom. The van der Waals surface area contributed by atoms with Crippen LogP contribution in [0.25, 0.3) is 0 Å². The van der Waals surface area contributed by atoms with E-state index >= 15 is 0 Å². The summed E-state index contributed by atoms with van der Waals surface area (Å²) in [6.45, 7) is 5.86. The van der Waals surface area contributed by atoms with Crippen molar-refractivity contribution in [3.8, 4) is 0 Å². The summed E-state index contributed by atoms with van der Waals surface area (Å²) in [5.74, 6) is -0.0947. The number of carboxylic acids is 1. The smallest absolute Gasteiger partial charge is 0.341 e. The standard InChI is InChI=1S/C13H19NO3/c1-13(2,3)11-9(12(15)16)10(17-14-11)8-6-4-5-7-8/h8H,4-7H2,1-3H3,(H,15,16). The van der Waals surface area contributed by atoms with Crippen LogP contribution < -0.4 is 0 Å². The van der Waals surface area contributed by atoms with Crippen LogP contribution in [0.5, 0.6) is 0 Å². The maximum Gasteiger partial charge on any atom is 0.341 e. The fraction of sp³-hybridized carbons (Fsp3) is 0.692. The molecule has 1 fully saturated rings. The van der Waals surface area contributed by atoms with Crippen LogP contribution in [0.2, 0.25) is 0 Å². The third kappa shape index (κ3) is 2.21. The minimum atomic E-state index is -0.918. The van der Waals surface area contributed by atoms with E-state index in [-0.39, 0.29) is 11.3 Å². The summed E-state index contributed by atoms with van der Waals surface area (Å²) in [4.78, 5) is 11.4. The van der Waals surface area contributed by atoms with Crippen molar-refractivity contribution in [3.05, 3.63) is 17.0 Å². The van der Waals surface area contributed by atoms with Gasteiger partial charge in [-0.15, -0.1) is 0 Å². The van der Waals surface area contributed by atoms with Crippen molar-refractivity contribution in [2.75, 3.05) is 0 Å². The molecule has 4 heteroatoms. The van der Waals surface area contributed by atoms with Gasteiger partial charge in [0.15, 0.2) is 5.76 Å². The molecule has 0 amide bonds. The van der Waals surface area contributed by atoms with Crippen molar-refractivity contribution in [2.45, 2.75) is 57.8 Å². The van der Waals surface area contributed by atoms with E-state index in [4.69, 9.17) is 4.52 Å². The second-order valence-corrected chi connectivity index (χ2v) is 5.81. The largest absolute Gasteiger partial charge is 0.477 e. The summed E-state index contributed by atoms with van der Waals surface area (Å²) >= 11 is 0. The summed E-state index contributed by atoms with van der Waals surface area (Å²) in [5.41, 5.74) is 0.560. The van der Waals surface area contributed by atoms with Gasteiger partial charge < -0.3 is 9.63 Å². The van der Waals surface area contributed by atoms with Gasteiger partial charge >= 0.3 is 5.97 Å². The zero-order valence-corrected chi connectivity index (χ0v) is 10.6. The maximum atomic E-state index is 11.4. The Morgan fingerprint density at radius 3 is 2.41 bits per heavy atom. The number of aromatic carboxylic acids is 1. The molecule has 1 N–H and O–H groups in total. The quantitative estimate of drug-likeness (QED) is 0.856. The highest BCUT2D eigenvalue weighted by Gasteiger charge is 2.34. The summed E-state index contributed by atoms with van der Waals surface area (Å²) in [6, 6.07) is 0. The van der Waals surface area contributed by atoms with Gasteiger partial charge in [0, 0.05) is 11.3 Å². The normalized spacial score (nSPS) is 17.6. The zero-order chi connectivity index (χ0) is 12.6. The average Bonchev–Trinajstić information content (AvgIpc) is 2.84. The van der Waals surface area contributed by atoms with Crippen LogP contribution in [-0.2, 0) is 5.41 Å². The molecule has 1 aliphatic rings. The number of carbonyl (C=O) groups is 1. The van der Waals surface area contributed by atoms with E-state index in [1.807, 2.05) is 20.8 Å². The van der Waals surface area contributed by atoms with E-state index < -0.39 is 5.97 Å². The summed E-state index contributed by atoms with van der Waals surface area (Å²) < 4.78 is 5.34. The number of hydrogen-bond donors (Lipinski definition) is 1. The van der Waals surface area contributed by atoms with Gasteiger partial charge in [-0.25, -0.2) is 4.79 Å². The van der Waals surface area contributed by atoms with E-state index in [0.29, 0.717) is 17.0 Å². The van der Waals surface area contributed by atoms with E-state index in [1.165, 1.54) is 0 Å². The molecule has 1 aromatic heterocycles. The second kappa shape index (κ2) is 4.17. The molecule has 2 rings (SSSR count). The van der Waals surface area contributed by atoms with E-state index in [1.54, 1.807) is 0 Å². The van der Waals surface area contributed by atoms with Crippen LogP contribution in [0, 0.1) is 0 Å². The van der Waals surface area contributed by atoms with Crippen molar-refractivity contribution in [1.82, 2.24) is 5.16 Å². The lowest BCUT2D eigenvalue weighted by molar-refractivity contribution is 0.0691. The highest BCUT2D eigenvalue weighted by atomic mass is 16.5. The van der Waals surface area contributed by atoms with Gasteiger partial charge in [0.25, 0.3) is 0 Å². The molecule has 17 heavy (non-hydrogen) atoms. The molecule has 0 bridgehead atoms. The van der Waals surface area contributed by atoms with Crippen molar-refractivity contribution in [3.63, 3.8) is 0 Å². The first kappa shape index (κ1) is 12.1. The molecule has 1 saturated carbocycles. The Balaban J connectivity index is 2.46. The number of rotatable bonds is 2. The SMILES string of the molecule is CC(C)(C)c1noc(C2CCCC2)c1C(=O)O. The number of aromatic nitrogens is 1. The van der Waals surface area contributed by atoms with Crippen molar-refractivity contribution >= 4 is 5.97 Å². The zero-order valence-electron chi connectivity index (χ0n) is 10.6. The van der Waals surface area contributed by atoms with Gasteiger partial charge in [-0.2, -0.15) is 0 Å². The topological polar surface area (TPSA) is 63.3 Å². The van der Waals surface area contributed by atoms with E-state index in [9.17, 15) is 9.90 Å². The van der Waals surface area contributed by atoms with Crippen molar-refractivity contribution in [2.24, 2.45) is 0 Å². The lowest BCUT2D eigenvalue weighted by Gasteiger charge is -2.15. The number of hydrogen-bond acceptors (Lipinski definition) is 3.